The molecule has 0 aliphatic rings. The molecule has 0 aliphatic heterocycles. The van der Waals surface area contributed by atoms with Crippen LogP contribution in [0.2, 0.25) is 0 Å². The molecule has 0 fully saturated rings. The molecule has 1 heterocycles. The number of nitrogens with two attached hydrogens (primary N) is 1. The van der Waals surface area contributed by atoms with E-state index in [-0.39, 0.29) is 29.4 Å². The molecule has 0 aromatic carbocycles. The van der Waals surface area contributed by atoms with Crippen LogP contribution in [0.3, 0.4) is 0 Å². The Labute approximate surface area is 143 Å². The average molecular weight is 410 g/mol. The average Bonchev–Trinajstić information content (AvgIpc) is 2.74. The van der Waals surface area contributed by atoms with E-state index in [0.717, 1.165) is 30.2 Å². The smallest absolute Gasteiger partial charge is 0.188 e. The van der Waals surface area contributed by atoms with Gasteiger partial charge in [-0.2, -0.15) is 0 Å². The number of aromatic nitrogens is 1. The van der Waals surface area contributed by atoms with E-state index in [9.17, 15) is 0 Å². The highest BCUT2D eigenvalue weighted by Crippen LogP contribution is 2.23. The summed E-state index contributed by atoms with van der Waals surface area (Å²) in [7, 11) is 0. The summed E-state index contributed by atoms with van der Waals surface area (Å²) in [6.07, 6.45) is 0.888. The van der Waals surface area contributed by atoms with E-state index in [1.165, 1.54) is 0 Å². The summed E-state index contributed by atoms with van der Waals surface area (Å²) >= 11 is 1.71. The van der Waals surface area contributed by atoms with Gasteiger partial charge in [0.25, 0.3) is 0 Å². The van der Waals surface area contributed by atoms with E-state index < -0.39 is 0 Å². The normalized spacial score (nSPS) is 12.4. The van der Waals surface area contributed by atoms with Gasteiger partial charge in [0.2, 0.25) is 0 Å². The van der Waals surface area contributed by atoms with Gasteiger partial charge in [0.1, 0.15) is 0 Å². The topological polar surface area (TPSA) is 63.3 Å². The second kappa shape index (κ2) is 8.81. The molecule has 0 saturated heterocycles. The van der Waals surface area contributed by atoms with Crippen molar-refractivity contribution >= 4 is 41.3 Å². The summed E-state index contributed by atoms with van der Waals surface area (Å²) in [5.41, 5.74) is 7.07. The molecular formula is C14H27IN4S. The fourth-order valence-electron chi connectivity index (χ4n) is 1.40. The second-order valence-corrected chi connectivity index (χ2v) is 7.12. The Morgan fingerprint density at radius 2 is 2.10 bits per heavy atom. The molecule has 1 aromatic heterocycles. The van der Waals surface area contributed by atoms with Crippen molar-refractivity contribution in [1.82, 2.24) is 10.3 Å². The van der Waals surface area contributed by atoms with Crippen LogP contribution in [0.5, 0.6) is 0 Å². The SMILES string of the molecule is CC(C)CN=C(N)NCCc1nc(C(C)(C)C)cs1.I. The molecule has 116 valence electrons. The summed E-state index contributed by atoms with van der Waals surface area (Å²) in [5.74, 6) is 1.06. The van der Waals surface area contributed by atoms with Crippen LogP contribution in [0, 0.1) is 5.92 Å². The minimum absolute atomic E-state index is 0. The van der Waals surface area contributed by atoms with Crippen molar-refractivity contribution in [2.75, 3.05) is 13.1 Å². The molecule has 0 spiro atoms. The van der Waals surface area contributed by atoms with E-state index in [0.29, 0.717) is 11.9 Å². The van der Waals surface area contributed by atoms with Gasteiger partial charge in [0, 0.05) is 30.3 Å². The minimum atomic E-state index is 0. The number of hydrogen-bond donors (Lipinski definition) is 2. The van der Waals surface area contributed by atoms with Crippen LogP contribution in [0.1, 0.15) is 45.3 Å². The van der Waals surface area contributed by atoms with E-state index in [1.807, 2.05) is 0 Å². The molecule has 0 radical (unpaired) electrons. The van der Waals surface area contributed by atoms with Crippen LogP contribution in [0.15, 0.2) is 10.4 Å². The Bertz CT molecular complexity index is 421. The number of nitrogens with zero attached hydrogens (tertiary/aromatic N) is 2. The molecule has 0 unspecified atom stereocenters. The van der Waals surface area contributed by atoms with Crippen LogP contribution in [-0.4, -0.2) is 24.0 Å². The highest BCUT2D eigenvalue weighted by molar-refractivity contribution is 14.0. The monoisotopic (exact) mass is 410 g/mol. The molecular weight excluding hydrogens is 383 g/mol. The first kappa shape index (κ1) is 19.6. The Balaban J connectivity index is 0.00000361. The molecule has 3 N–H and O–H groups in total. The Morgan fingerprint density at radius 3 is 2.60 bits per heavy atom. The first-order chi connectivity index (χ1) is 8.79. The van der Waals surface area contributed by atoms with E-state index in [1.54, 1.807) is 11.3 Å². The van der Waals surface area contributed by atoms with Gasteiger partial charge in [-0.15, -0.1) is 35.3 Å². The standard InChI is InChI=1S/C14H26N4S.HI/c1-10(2)8-17-13(15)16-7-6-12-18-11(9-19-12)14(3,4)5;/h9-10H,6-8H2,1-5H3,(H3,15,16,17);1H. The quantitative estimate of drug-likeness (QED) is 0.445. The van der Waals surface area contributed by atoms with Crippen LogP contribution in [0.4, 0.5) is 0 Å². The molecule has 1 rings (SSSR count). The zero-order valence-electron chi connectivity index (χ0n) is 13.1. The van der Waals surface area contributed by atoms with Gasteiger partial charge in [-0.05, 0) is 5.92 Å². The third kappa shape index (κ3) is 7.42. The molecule has 1 aromatic rings. The molecule has 0 atom stereocenters. The lowest BCUT2D eigenvalue weighted by atomic mass is 9.93. The zero-order chi connectivity index (χ0) is 14.5. The van der Waals surface area contributed by atoms with Crippen LogP contribution in [-0.2, 0) is 11.8 Å². The summed E-state index contributed by atoms with van der Waals surface area (Å²) in [5, 5.41) is 6.42. The van der Waals surface area contributed by atoms with Crippen LogP contribution >= 0.6 is 35.3 Å². The number of guanidine groups is 1. The largest absolute Gasteiger partial charge is 0.370 e. The van der Waals surface area contributed by atoms with Gasteiger partial charge in [0.05, 0.1) is 10.7 Å². The maximum atomic E-state index is 5.78. The Kier molecular flexibility index (Phi) is 8.65. The van der Waals surface area contributed by atoms with Gasteiger partial charge >= 0.3 is 0 Å². The Hall–Kier alpha value is -0.370. The first-order valence-corrected chi connectivity index (χ1v) is 7.65. The minimum Gasteiger partial charge on any atom is -0.370 e. The van der Waals surface area contributed by atoms with E-state index in [4.69, 9.17) is 5.73 Å². The molecule has 0 amide bonds. The lowest BCUT2D eigenvalue weighted by Gasteiger charge is -2.14. The van der Waals surface area contributed by atoms with Gasteiger partial charge in [0.15, 0.2) is 5.96 Å². The molecule has 4 nitrogen and oxygen atoms in total. The maximum Gasteiger partial charge on any atom is 0.188 e. The summed E-state index contributed by atoms with van der Waals surface area (Å²) < 4.78 is 0. The van der Waals surface area contributed by atoms with Crippen molar-refractivity contribution in [1.29, 1.82) is 0 Å². The van der Waals surface area contributed by atoms with Gasteiger partial charge in [-0.1, -0.05) is 34.6 Å². The maximum absolute atomic E-state index is 5.78. The molecule has 6 heteroatoms. The lowest BCUT2D eigenvalue weighted by Crippen LogP contribution is -2.33. The second-order valence-electron chi connectivity index (χ2n) is 6.17. The number of thiazole rings is 1. The fraction of sp³-hybridized carbons (Fsp3) is 0.714. The highest BCUT2D eigenvalue weighted by atomic mass is 127. The van der Waals surface area contributed by atoms with E-state index in [2.05, 4.69) is 55.3 Å². The molecule has 0 saturated carbocycles. The van der Waals surface area contributed by atoms with Crippen molar-refractivity contribution < 1.29 is 0 Å². The zero-order valence-corrected chi connectivity index (χ0v) is 16.2. The molecule has 0 bridgehead atoms. The van der Waals surface area contributed by atoms with Crippen molar-refractivity contribution in [2.24, 2.45) is 16.6 Å². The van der Waals surface area contributed by atoms with Crippen molar-refractivity contribution in [3.05, 3.63) is 16.1 Å². The number of aliphatic imine (C=N–C) groups is 1. The van der Waals surface area contributed by atoms with Crippen molar-refractivity contribution in [2.45, 2.75) is 46.5 Å². The van der Waals surface area contributed by atoms with Crippen LogP contribution < -0.4 is 11.1 Å². The fourth-order valence-corrected chi connectivity index (χ4v) is 2.43. The summed E-state index contributed by atoms with van der Waals surface area (Å²) in [4.78, 5) is 8.92. The third-order valence-corrected chi connectivity index (χ3v) is 3.50. The Morgan fingerprint density at radius 1 is 1.45 bits per heavy atom. The van der Waals surface area contributed by atoms with Crippen molar-refractivity contribution in [3.8, 4) is 0 Å². The van der Waals surface area contributed by atoms with E-state index >= 15 is 0 Å². The number of rotatable bonds is 5. The van der Waals surface area contributed by atoms with Crippen LogP contribution in [0.25, 0.3) is 0 Å². The third-order valence-electron chi connectivity index (χ3n) is 2.59. The number of hydrogen-bond acceptors (Lipinski definition) is 3. The highest BCUT2D eigenvalue weighted by Gasteiger charge is 2.17. The molecule has 0 aliphatic carbocycles. The predicted octanol–water partition coefficient (Wildman–Crippen LogP) is 3.16. The summed E-state index contributed by atoms with van der Waals surface area (Å²) in [6.45, 7) is 12.3. The van der Waals surface area contributed by atoms with Crippen molar-refractivity contribution in [3.63, 3.8) is 0 Å². The van der Waals surface area contributed by atoms with Gasteiger partial charge < -0.3 is 11.1 Å². The summed E-state index contributed by atoms with van der Waals surface area (Å²) in [6, 6.07) is 0. The lowest BCUT2D eigenvalue weighted by molar-refractivity contribution is 0.570. The van der Waals surface area contributed by atoms with Gasteiger partial charge in [-0.25, -0.2) is 4.98 Å². The molecule has 20 heavy (non-hydrogen) atoms. The first-order valence-electron chi connectivity index (χ1n) is 6.77. The number of nitrogens with one attached hydrogen (secondary N) is 1. The van der Waals surface area contributed by atoms with Gasteiger partial charge in [-0.3, -0.25) is 4.99 Å². The number of halogens is 1. The predicted molar refractivity (Wildman–Crippen MR) is 99.3 cm³/mol.